The van der Waals surface area contributed by atoms with E-state index in [0.29, 0.717) is 22.0 Å². The fraction of sp³-hybridized carbons (Fsp3) is 0.357. The van der Waals surface area contributed by atoms with Crippen molar-refractivity contribution in [3.05, 3.63) is 39.5 Å². The summed E-state index contributed by atoms with van der Waals surface area (Å²) in [6.07, 6.45) is -0.274. The summed E-state index contributed by atoms with van der Waals surface area (Å²) in [6.45, 7) is 4.35. The molecule has 1 amide bonds. The van der Waals surface area contributed by atoms with E-state index in [1.807, 2.05) is 25.1 Å². The van der Waals surface area contributed by atoms with E-state index in [1.54, 1.807) is 17.7 Å². The van der Waals surface area contributed by atoms with Crippen molar-refractivity contribution in [3.8, 4) is 0 Å². The maximum atomic E-state index is 11.8. The molecule has 0 saturated carbocycles. The molecule has 0 radical (unpaired) electrons. The lowest BCUT2D eigenvalue weighted by atomic mass is 10.1. The second-order valence-corrected chi connectivity index (χ2v) is 5.94. The summed E-state index contributed by atoms with van der Waals surface area (Å²) in [5.41, 5.74) is 0.725. The highest BCUT2D eigenvalue weighted by molar-refractivity contribution is 9.10. The summed E-state index contributed by atoms with van der Waals surface area (Å²) in [7, 11) is 0. The van der Waals surface area contributed by atoms with Gasteiger partial charge in [-0.3, -0.25) is 4.90 Å². The molecule has 6 nitrogen and oxygen atoms in total. The molecular formula is C14H16BrClN4O2. The highest BCUT2D eigenvalue weighted by Gasteiger charge is 2.30. The third kappa shape index (κ3) is 3.25. The first-order chi connectivity index (χ1) is 10.5. The third-order valence-electron chi connectivity index (χ3n) is 3.28. The van der Waals surface area contributed by atoms with Gasteiger partial charge in [-0.2, -0.15) is 0 Å². The molecule has 1 aromatic heterocycles. The van der Waals surface area contributed by atoms with Crippen molar-refractivity contribution in [2.24, 2.45) is 0 Å². The Balaban J connectivity index is 2.50. The Morgan fingerprint density at radius 1 is 1.50 bits per heavy atom. The lowest BCUT2D eigenvalue weighted by Gasteiger charge is -2.27. The summed E-state index contributed by atoms with van der Waals surface area (Å²) in [5, 5.41) is 18.1. The number of hydrogen-bond donors (Lipinski definition) is 1. The lowest BCUT2D eigenvalue weighted by molar-refractivity contribution is 0.199. The molecule has 22 heavy (non-hydrogen) atoms. The van der Waals surface area contributed by atoms with Crippen molar-refractivity contribution >= 4 is 39.4 Å². The minimum atomic E-state index is -1.09. The van der Waals surface area contributed by atoms with Crippen LogP contribution in [0.1, 0.15) is 31.9 Å². The van der Waals surface area contributed by atoms with Gasteiger partial charge in [-0.1, -0.05) is 41.9 Å². The number of amides is 1. The van der Waals surface area contributed by atoms with Crippen molar-refractivity contribution in [1.29, 1.82) is 0 Å². The van der Waals surface area contributed by atoms with Gasteiger partial charge in [0, 0.05) is 11.6 Å². The average Bonchev–Trinajstić information content (AvgIpc) is 2.81. The second-order valence-electron chi connectivity index (χ2n) is 4.78. The van der Waals surface area contributed by atoms with E-state index >= 15 is 0 Å². The number of rotatable bonds is 5. The first kappa shape index (κ1) is 16.8. The number of aromatic nitrogens is 3. The van der Waals surface area contributed by atoms with Crippen LogP contribution in [0.4, 0.5) is 10.6 Å². The maximum absolute atomic E-state index is 11.8. The molecule has 0 bridgehead atoms. The zero-order valence-electron chi connectivity index (χ0n) is 12.2. The number of carbonyl (C=O) groups is 1. The molecule has 8 heteroatoms. The normalized spacial score (nSPS) is 12.2. The number of halogens is 2. The molecule has 0 saturated heterocycles. The zero-order valence-corrected chi connectivity index (χ0v) is 14.5. The number of carboxylic acid groups (broad SMARTS) is 1. The minimum absolute atomic E-state index is 0.391. The van der Waals surface area contributed by atoms with Gasteiger partial charge in [0.05, 0.1) is 6.04 Å². The standard InChI is InChI=1S/C14H16BrClN4O2/c1-3-8-19-13(12(15)17-18-19)20(14(21)22)9(2)10-6-4-5-7-11(10)16/h4-7,9H,3,8H2,1-2H3,(H,21,22)/t9-/m1/s1. The van der Waals surface area contributed by atoms with Gasteiger partial charge in [0.1, 0.15) is 0 Å². The van der Waals surface area contributed by atoms with Crippen molar-refractivity contribution in [3.63, 3.8) is 0 Å². The maximum Gasteiger partial charge on any atom is 0.413 e. The Hall–Kier alpha value is -1.60. The predicted molar refractivity (Wildman–Crippen MR) is 88.4 cm³/mol. The molecule has 0 unspecified atom stereocenters. The first-order valence-electron chi connectivity index (χ1n) is 6.83. The van der Waals surface area contributed by atoms with Crippen LogP contribution in [0, 0.1) is 0 Å². The molecule has 2 rings (SSSR count). The molecule has 0 fully saturated rings. The van der Waals surface area contributed by atoms with Gasteiger partial charge in [-0.05, 0) is 40.9 Å². The molecular weight excluding hydrogens is 372 g/mol. The quantitative estimate of drug-likeness (QED) is 0.828. The second kappa shape index (κ2) is 7.11. The van der Waals surface area contributed by atoms with Crippen LogP contribution in [-0.4, -0.2) is 26.2 Å². The van der Waals surface area contributed by atoms with E-state index in [2.05, 4.69) is 26.2 Å². The monoisotopic (exact) mass is 386 g/mol. The van der Waals surface area contributed by atoms with E-state index in [9.17, 15) is 9.90 Å². The lowest BCUT2D eigenvalue weighted by Crippen LogP contribution is -2.34. The van der Waals surface area contributed by atoms with Crippen molar-refractivity contribution in [2.45, 2.75) is 32.9 Å². The van der Waals surface area contributed by atoms with E-state index in [1.165, 1.54) is 4.90 Å². The smallest absolute Gasteiger partial charge is 0.413 e. The topological polar surface area (TPSA) is 71.2 Å². The summed E-state index contributed by atoms with van der Waals surface area (Å²) in [5.74, 6) is 0.404. The number of anilines is 1. The Morgan fingerprint density at radius 3 is 2.77 bits per heavy atom. The number of benzene rings is 1. The molecule has 0 aliphatic heterocycles. The van der Waals surface area contributed by atoms with Crippen LogP contribution in [0.3, 0.4) is 0 Å². The van der Waals surface area contributed by atoms with Gasteiger partial charge in [0.25, 0.3) is 0 Å². The van der Waals surface area contributed by atoms with Gasteiger partial charge >= 0.3 is 6.09 Å². The molecule has 1 atom stereocenters. The van der Waals surface area contributed by atoms with Gasteiger partial charge in [0.2, 0.25) is 0 Å². The molecule has 1 N–H and O–H groups in total. The Morgan fingerprint density at radius 2 is 2.18 bits per heavy atom. The number of hydrogen-bond acceptors (Lipinski definition) is 3. The summed E-state index contributed by atoms with van der Waals surface area (Å²) in [4.78, 5) is 13.0. The van der Waals surface area contributed by atoms with Crippen molar-refractivity contribution < 1.29 is 9.90 Å². The minimum Gasteiger partial charge on any atom is -0.465 e. The van der Waals surface area contributed by atoms with Crippen molar-refractivity contribution in [1.82, 2.24) is 15.0 Å². The number of nitrogens with zero attached hydrogens (tertiary/aromatic N) is 4. The van der Waals surface area contributed by atoms with Gasteiger partial charge in [-0.15, -0.1) is 5.10 Å². The zero-order chi connectivity index (χ0) is 16.3. The van der Waals surface area contributed by atoms with E-state index < -0.39 is 12.1 Å². The molecule has 1 aromatic carbocycles. The van der Waals surface area contributed by atoms with Gasteiger partial charge < -0.3 is 5.11 Å². The molecule has 2 aromatic rings. The molecule has 0 aliphatic rings. The Kier molecular flexibility index (Phi) is 5.42. The molecule has 0 spiro atoms. The first-order valence-corrected chi connectivity index (χ1v) is 8.00. The highest BCUT2D eigenvalue weighted by atomic mass is 79.9. The average molecular weight is 388 g/mol. The molecule has 0 aliphatic carbocycles. The predicted octanol–water partition coefficient (Wildman–Crippen LogP) is 4.35. The van der Waals surface area contributed by atoms with E-state index in [0.717, 1.165) is 12.0 Å². The molecule has 1 heterocycles. The summed E-state index contributed by atoms with van der Waals surface area (Å²) < 4.78 is 1.97. The van der Waals surface area contributed by atoms with Crippen LogP contribution in [0.5, 0.6) is 0 Å². The molecule has 118 valence electrons. The highest BCUT2D eigenvalue weighted by Crippen LogP contribution is 2.34. The Labute approximate surface area is 141 Å². The van der Waals surface area contributed by atoms with Crippen molar-refractivity contribution in [2.75, 3.05) is 4.90 Å². The van der Waals surface area contributed by atoms with Crippen LogP contribution in [0.2, 0.25) is 5.02 Å². The fourth-order valence-corrected chi connectivity index (χ4v) is 3.03. The van der Waals surface area contributed by atoms with Crippen LogP contribution in [0.15, 0.2) is 28.9 Å². The van der Waals surface area contributed by atoms with E-state index in [-0.39, 0.29) is 0 Å². The summed E-state index contributed by atoms with van der Waals surface area (Å²) >= 11 is 9.48. The SMILES string of the molecule is CCCn1nnc(Br)c1N(C(=O)O)[C@H](C)c1ccccc1Cl. The fourth-order valence-electron chi connectivity index (χ4n) is 2.27. The summed E-state index contributed by atoms with van der Waals surface area (Å²) in [6, 6.07) is 6.71. The Bertz CT molecular complexity index is 677. The van der Waals surface area contributed by atoms with Crippen LogP contribution in [0.25, 0.3) is 0 Å². The van der Waals surface area contributed by atoms with E-state index in [4.69, 9.17) is 11.6 Å². The largest absolute Gasteiger partial charge is 0.465 e. The van der Waals surface area contributed by atoms with Crippen LogP contribution < -0.4 is 4.90 Å². The van der Waals surface area contributed by atoms with Gasteiger partial charge in [-0.25, -0.2) is 9.48 Å². The van der Waals surface area contributed by atoms with Gasteiger partial charge in [0.15, 0.2) is 10.4 Å². The third-order valence-corrected chi connectivity index (χ3v) is 4.14. The number of aryl methyl sites for hydroxylation is 1. The van der Waals surface area contributed by atoms with Crippen LogP contribution in [-0.2, 0) is 6.54 Å². The van der Waals surface area contributed by atoms with Crippen LogP contribution >= 0.6 is 27.5 Å².